The summed E-state index contributed by atoms with van der Waals surface area (Å²) < 4.78 is 5.05. The Balaban J connectivity index is 1.93. The molecule has 2 atom stereocenters. The van der Waals surface area contributed by atoms with Gasteiger partial charge in [-0.25, -0.2) is 5.84 Å². The maximum atomic E-state index is 11.8. The van der Waals surface area contributed by atoms with Crippen molar-refractivity contribution in [2.75, 3.05) is 30.5 Å². The smallest absolute Gasteiger partial charge is 0.322 e. The van der Waals surface area contributed by atoms with Crippen LogP contribution in [0.25, 0.3) is 0 Å². The molecule has 108 valence electrons. The van der Waals surface area contributed by atoms with Crippen molar-refractivity contribution < 1.29 is 9.53 Å². The molecule has 2 fully saturated rings. The second-order valence-corrected chi connectivity index (χ2v) is 4.84. The minimum Gasteiger partial charge on any atom is -0.467 e. The molecule has 9 nitrogen and oxygen atoms in total. The quantitative estimate of drug-likeness (QED) is 0.470. The molecule has 0 radical (unpaired) electrons. The van der Waals surface area contributed by atoms with Crippen LogP contribution in [0.4, 0.5) is 11.9 Å². The van der Waals surface area contributed by atoms with Crippen LogP contribution < -0.4 is 26.2 Å². The number of aromatic nitrogens is 3. The number of carbonyl (C=O) groups excluding carboxylic acids is 1. The zero-order chi connectivity index (χ0) is 14.1. The van der Waals surface area contributed by atoms with E-state index < -0.39 is 0 Å². The molecule has 0 spiro atoms. The number of anilines is 2. The van der Waals surface area contributed by atoms with Crippen molar-refractivity contribution >= 4 is 17.8 Å². The lowest BCUT2D eigenvalue weighted by Gasteiger charge is -2.35. The third-order valence-corrected chi connectivity index (χ3v) is 3.77. The summed E-state index contributed by atoms with van der Waals surface area (Å²) in [5, 5.41) is 2.90. The molecule has 0 bridgehead atoms. The number of fused-ring (bicyclic) bond motifs is 1. The van der Waals surface area contributed by atoms with Gasteiger partial charge in [0.2, 0.25) is 17.8 Å². The second kappa shape index (κ2) is 5.08. The molecule has 0 aromatic carbocycles. The molecule has 0 aliphatic carbocycles. The normalized spacial score (nSPS) is 25.1. The lowest BCUT2D eigenvalue weighted by molar-refractivity contribution is -0.123. The predicted octanol–water partition coefficient (Wildman–Crippen LogP) is -1.12. The summed E-state index contributed by atoms with van der Waals surface area (Å²) in [6.07, 6.45) is 1.82. The van der Waals surface area contributed by atoms with E-state index in [1.54, 1.807) is 0 Å². The Bertz CT molecular complexity index is 501. The number of nitrogens with one attached hydrogen (secondary N) is 2. The fraction of sp³-hybridized carbons (Fsp3) is 0.636. The van der Waals surface area contributed by atoms with Gasteiger partial charge < -0.3 is 15.0 Å². The van der Waals surface area contributed by atoms with Crippen molar-refractivity contribution in [2.24, 2.45) is 11.8 Å². The molecule has 9 heteroatoms. The van der Waals surface area contributed by atoms with Gasteiger partial charge >= 0.3 is 6.01 Å². The number of piperidine rings is 1. The Hall–Kier alpha value is -2.16. The average molecular weight is 279 g/mol. The topological polar surface area (TPSA) is 118 Å². The highest BCUT2D eigenvalue weighted by Crippen LogP contribution is 2.30. The molecule has 1 aromatic rings. The number of rotatable bonds is 3. The highest BCUT2D eigenvalue weighted by molar-refractivity contribution is 5.82. The van der Waals surface area contributed by atoms with Crippen LogP contribution in [0.3, 0.4) is 0 Å². The molecule has 2 saturated heterocycles. The Morgan fingerprint density at radius 3 is 3.05 bits per heavy atom. The van der Waals surface area contributed by atoms with Crippen LogP contribution in [0.1, 0.15) is 12.8 Å². The molecule has 20 heavy (non-hydrogen) atoms. The monoisotopic (exact) mass is 279 g/mol. The molecular weight excluding hydrogens is 262 g/mol. The molecule has 1 amide bonds. The summed E-state index contributed by atoms with van der Waals surface area (Å²) >= 11 is 0. The van der Waals surface area contributed by atoms with Crippen molar-refractivity contribution in [3.8, 4) is 6.01 Å². The third kappa shape index (κ3) is 2.09. The molecule has 3 rings (SSSR count). The maximum absolute atomic E-state index is 11.8. The summed E-state index contributed by atoms with van der Waals surface area (Å²) in [7, 11) is 1.49. The molecule has 2 unspecified atom stereocenters. The Morgan fingerprint density at radius 1 is 1.45 bits per heavy atom. The van der Waals surface area contributed by atoms with Crippen molar-refractivity contribution in [2.45, 2.75) is 18.9 Å². The Kier molecular flexibility index (Phi) is 3.26. The van der Waals surface area contributed by atoms with E-state index in [2.05, 4.69) is 25.7 Å². The first-order valence-electron chi connectivity index (χ1n) is 6.54. The van der Waals surface area contributed by atoms with Crippen LogP contribution in [0.15, 0.2) is 0 Å². The SMILES string of the molecule is COc1nc(NN)nc(N2CCCC3C(=O)NCC32)n1. The number of hydrogen-bond acceptors (Lipinski definition) is 8. The Morgan fingerprint density at radius 2 is 2.30 bits per heavy atom. The van der Waals surface area contributed by atoms with Gasteiger partial charge in [-0.05, 0) is 12.8 Å². The minimum absolute atomic E-state index is 0.000737. The number of ether oxygens (including phenoxy) is 1. The molecular formula is C11H17N7O2. The molecule has 2 aliphatic heterocycles. The fourth-order valence-corrected chi connectivity index (χ4v) is 2.83. The lowest BCUT2D eigenvalue weighted by atomic mass is 9.92. The van der Waals surface area contributed by atoms with Crippen LogP contribution in [0.5, 0.6) is 6.01 Å². The van der Waals surface area contributed by atoms with Crippen molar-refractivity contribution in [3.05, 3.63) is 0 Å². The number of nitrogens with two attached hydrogens (primary N) is 1. The molecule has 4 N–H and O–H groups in total. The number of methoxy groups -OCH3 is 1. The van der Waals surface area contributed by atoms with Crippen molar-refractivity contribution in [3.63, 3.8) is 0 Å². The molecule has 2 aliphatic rings. The summed E-state index contributed by atoms with van der Waals surface area (Å²) in [4.78, 5) is 26.3. The van der Waals surface area contributed by atoms with E-state index in [0.29, 0.717) is 12.5 Å². The van der Waals surface area contributed by atoms with Crippen molar-refractivity contribution in [1.82, 2.24) is 20.3 Å². The number of hydrogen-bond donors (Lipinski definition) is 3. The first-order chi connectivity index (χ1) is 9.72. The average Bonchev–Trinajstić information content (AvgIpc) is 2.88. The van der Waals surface area contributed by atoms with Gasteiger partial charge in [-0.2, -0.15) is 15.0 Å². The summed E-state index contributed by atoms with van der Waals surface area (Å²) in [6.45, 7) is 1.41. The van der Waals surface area contributed by atoms with Gasteiger partial charge in [-0.3, -0.25) is 10.2 Å². The second-order valence-electron chi connectivity index (χ2n) is 4.84. The summed E-state index contributed by atoms with van der Waals surface area (Å²) in [6, 6.07) is 0.274. The number of hydrazine groups is 1. The lowest BCUT2D eigenvalue weighted by Crippen LogP contribution is -2.46. The van der Waals surface area contributed by atoms with E-state index in [-0.39, 0.29) is 29.8 Å². The van der Waals surface area contributed by atoms with E-state index in [1.807, 2.05) is 4.90 Å². The van der Waals surface area contributed by atoms with Crippen molar-refractivity contribution in [1.29, 1.82) is 0 Å². The number of carbonyl (C=O) groups is 1. The van der Waals surface area contributed by atoms with Gasteiger partial charge in [0, 0.05) is 13.1 Å². The first-order valence-corrected chi connectivity index (χ1v) is 6.54. The van der Waals surface area contributed by atoms with Gasteiger partial charge in [0.25, 0.3) is 0 Å². The highest BCUT2D eigenvalue weighted by Gasteiger charge is 2.41. The van der Waals surface area contributed by atoms with Gasteiger partial charge in [0.05, 0.1) is 19.1 Å². The van der Waals surface area contributed by atoms with E-state index >= 15 is 0 Å². The first kappa shape index (κ1) is 12.9. The van der Waals surface area contributed by atoms with E-state index in [0.717, 1.165) is 19.4 Å². The third-order valence-electron chi connectivity index (χ3n) is 3.77. The van der Waals surface area contributed by atoms with Gasteiger partial charge in [-0.1, -0.05) is 0 Å². The predicted molar refractivity (Wildman–Crippen MR) is 71.1 cm³/mol. The largest absolute Gasteiger partial charge is 0.467 e. The van der Waals surface area contributed by atoms with E-state index in [9.17, 15) is 4.79 Å². The molecule has 3 heterocycles. The van der Waals surface area contributed by atoms with Gasteiger partial charge in [-0.15, -0.1) is 0 Å². The summed E-state index contributed by atoms with van der Waals surface area (Å²) in [5.74, 6) is 6.19. The van der Waals surface area contributed by atoms with Crippen LogP contribution in [-0.2, 0) is 4.79 Å². The minimum atomic E-state index is 0.000737. The van der Waals surface area contributed by atoms with E-state index in [4.69, 9.17) is 10.6 Å². The molecule has 1 aromatic heterocycles. The summed E-state index contributed by atoms with van der Waals surface area (Å²) in [5.41, 5.74) is 2.40. The maximum Gasteiger partial charge on any atom is 0.322 e. The Labute approximate surface area is 115 Å². The number of amides is 1. The number of nitrogen functional groups attached to an aromatic ring is 1. The standard InChI is InChI=1S/C11H17N7O2/c1-20-11-15-9(17-12)14-10(16-11)18-4-2-3-6-7(18)5-13-8(6)19/h6-7H,2-5,12H2,1H3,(H,13,19)(H,14,15,16,17). The van der Waals surface area contributed by atoms with Crippen LogP contribution in [-0.4, -0.2) is 47.1 Å². The number of nitrogens with zero attached hydrogens (tertiary/aromatic N) is 4. The zero-order valence-electron chi connectivity index (χ0n) is 11.2. The van der Waals surface area contributed by atoms with Crippen LogP contribution in [0.2, 0.25) is 0 Å². The zero-order valence-corrected chi connectivity index (χ0v) is 11.2. The van der Waals surface area contributed by atoms with Crippen LogP contribution in [0, 0.1) is 5.92 Å². The van der Waals surface area contributed by atoms with Gasteiger partial charge in [0.15, 0.2) is 0 Å². The fourth-order valence-electron chi connectivity index (χ4n) is 2.83. The highest BCUT2D eigenvalue weighted by atomic mass is 16.5. The van der Waals surface area contributed by atoms with Crippen LogP contribution >= 0.6 is 0 Å². The molecule has 0 saturated carbocycles. The van der Waals surface area contributed by atoms with E-state index in [1.165, 1.54) is 7.11 Å². The van der Waals surface area contributed by atoms with Gasteiger partial charge in [0.1, 0.15) is 0 Å².